The first-order valence-corrected chi connectivity index (χ1v) is 28.4. The number of rotatable bonds is 3. The van der Waals surface area contributed by atoms with Gasteiger partial charge in [-0.15, -0.1) is 0 Å². The number of hydrogen-bond donors (Lipinski definition) is 0. The Balaban J connectivity index is 0.905. The Kier molecular flexibility index (Phi) is 8.58. The van der Waals surface area contributed by atoms with Crippen molar-refractivity contribution >= 4 is 94.2 Å². The average Bonchev–Trinajstić information content (AvgIpc) is 4.19. The topological polar surface area (TPSA) is 14.8 Å². The van der Waals surface area contributed by atoms with Gasteiger partial charge in [0.15, 0.2) is 8.07 Å². The molecule has 1 spiro atoms. The van der Waals surface area contributed by atoms with Crippen molar-refractivity contribution < 1.29 is 0 Å². The van der Waals surface area contributed by atoms with E-state index in [-0.39, 0.29) is 0 Å². The molecule has 0 unspecified atom stereocenters. The summed E-state index contributed by atoms with van der Waals surface area (Å²) in [6.45, 7) is 0. The number of benzene rings is 12. The first kappa shape index (κ1) is 41.7. The molecule has 0 atom stereocenters. The minimum absolute atomic E-state index is 1.12. The van der Waals surface area contributed by atoms with Crippen LogP contribution in [0.5, 0.6) is 0 Å². The van der Waals surface area contributed by atoms with E-state index < -0.39 is 8.07 Å². The fraction of sp³-hybridized carbons (Fsp3) is 0. The van der Waals surface area contributed by atoms with Gasteiger partial charge in [0.05, 0.1) is 33.1 Å². The predicted octanol–water partition coefficient (Wildman–Crippen LogP) is 15.7. The Morgan fingerprint density at radius 3 is 0.961 bits per heavy atom. The van der Waals surface area contributed by atoms with E-state index in [9.17, 15) is 0 Å². The number of para-hydroxylation sites is 4. The van der Waals surface area contributed by atoms with Crippen LogP contribution in [-0.4, -0.2) is 21.8 Å². The van der Waals surface area contributed by atoms with Crippen LogP contribution in [-0.2, 0) is 0 Å². The van der Waals surface area contributed by atoms with E-state index in [1.165, 1.54) is 131 Å². The van der Waals surface area contributed by atoms with E-state index in [1.54, 1.807) is 0 Å². The van der Waals surface area contributed by atoms with Crippen LogP contribution in [0, 0.1) is 0 Å². The molecule has 3 aromatic heterocycles. The average molecular weight is 980 g/mol. The highest BCUT2D eigenvalue weighted by molar-refractivity contribution is 7.22. The van der Waals surface area contributed by atoms with Gasteiger partial charge in [-0.1, -0.05) is 200 Å². The second kappa shape index (κ2) is 15.6. The summed E-state index contributed by atoms with van der Waals surface area (Å²) in [5.41, 5.74) is 20.9. The van der Waals surface area contributed by atoms with Gasteiger partial charge in [-0.05, 0) is 138 Å². The van der Waals surface area contributed by atoms with Gasteiger partial charge in [-0.25, -0.2) is 0 Å². The molecule has 2 aliphatic heterocycles. The third kappa shape index (κ3) is 5.50. The zero-order valence-electron chi connectivity index (χ0n) is 41.3. The van der Waals surface area contributed by atoms with Crippen molar-refractivity contribution in [1.82, 2.24) is 13.7 Å². The lowest BCUT2D eigenvalue weighted by atomic mass is 9.92. The van der Waals surface area contributed by atoms with Crippen molar-refractivity contribution in [3.05, 3.63) is 273 Å². The Hall–Kier alpha value is -9.74. The summed E-state index contributed by atoms with van der Waals surface area (Å²) < 4.78 is 7.40. The lowest BCUT2D eigenvalue weighted by molar-refractivity contribution is 1.13. The number of aromatic nitrogens is 3. The van der Waals surface area contributed by atoms with Gasteiger partial charge in [0.25, 0.3) is 0 Å². The summed E-state index contributed by atoms with van der Waals surface area (Å²) >= 11 is 0. The first-order chi connectivity index (χ1) is 37.7. The van der Waals surface area contributed by atoms with E-state index in [4.69, 9.17) is 0 Å². The molecule has 0 fully saturated rings. The molecule has 15 aromatic rings. The van der Waals surface area contributed by atoms with Crippen molar-refractivity contribution in [2.45, 2.75) is 0 Å². The van der Waals surface area contributed by atoms with Gasteiger partial charge >= 0.3 is 0 Å². The minimum Gasteiger partial charge on any atom is -0.309 e. The molecule has 17 rings (SSSR count). The van der Waals surface area contributed by atoms with Crippen LogP contribution < -0.4 is 20.7 Å². The molecular weight excluding hydrogens is 935 g/mol. The molecule has 0 aliphatic carbocycles. The highest BCUT2D eigenvalue weighted by Gasteiger charge is 2.50. The molecule has 352 valence electrons. The van der Waals surface area contributed by atoms with Crippen LogP contribution in [0.4, 0.5) is 0 Å². The smallest absolute Gasteiger partial charge is 0.182 e. The van der Waals surface area contributed by atoms with Crippen molar-refractivity contribution in [1.29, 1.82) is 0 Å². The first-order valence-electron chi connectivity index (χ1n) is 26.4. The highest BCUT2D eigenvalue weighted by Crippen LogP contribution is 2.45. The maximum absolute atomic E-state index is 3.07. The molecule has 0 radical (unpaired) electrons. The quantitative estimate of drug-likeness (QED) is 0.157. The standard InChI is InChI=1S/C72H45N3Si/c1-2-23-50-49(22-1)55-28-7-15-36-69(55)76(70-37-16-8-29-56(50)70)71-38-17-9-30-57(71)59-44-62-54-27-6-14-35-66(54)75(68(62)45-60(59)58-31-10-18-39-72(58)76)47-21-19-20-46(42-47)73-65-34-13-5-26-53(65)61-43-48(40-41-67(61)73)74-63-32-11-3-24-51(63)52-25-4-12-33-64(52)74/h1-45H. The van der Waals surface area contributed by atoms with Gasteiger partial charge in [0.1, 0.15) is 0 Å². The van der Waals surface area contributed by atoms with Gasteiger partial charge in [-0.2, -0.15) is 0 Å². The second-order valence-corrected chi connectivity index (χ2v) is 24.3. The fourth-order valence-electron chi connectivity index (χ4n) is 14.1. The third-order valence-corrected chi connectivity index (χ3v) is 22.0. The molecule has 2 aliphatic rings. The maximum atomic E-state index is 2.53. The summed E-state index contributed by atoms with van der Waals surface area (Å²) in [5.74, 6) is 0. The Morgan fingerprint density at radius 2 is 0.500 bits per heavy atom. The lowest BCUT2D eigenvalue weighted by Gasteiger charge is -2.37. The summed E-state index contributed by atoms with van der Waals surface area (Å²) in [6, 6.07) is 103. The second-order valence-electron chi connectivity index (χ2n) is 20.7. The van der Waals surface area contributed by atoms with E-state index in [1.807, 2.05) is 0 Å². The summed E-state index contributed by atoms with van der Waals surface area (Å²) in [6.07, 6.45) is 0. The summed E-state index contributed by atoms with van der Waals surface area (Å²) in [4.78, 5) is 0. The molecule has 12 aromatic carbocycles. The monoisotopic (exact) mass is 979 g/mol. The SMILES string of the molecule is c1cc(-n2c3ccccc3c3cc(-n4c5ccccc5c5ccccc54)ccc32)cc(-n2c3ccccc3c3cc4c(cc32)-c2ccccc2[Si]2(c3ccccc3-c3ccccc3-c3ccccc32)c2ccccc2-4)c1. The van der Waals surface area contributed by atoms with E-state index in [2.05, 4.69) is 287 Å². The third-order valence-electron chi connectivity index (χ3n) is 17.1. The van der Waals surface area contributed by atoms with Crippen molar-refractivity contribution in [3.8, 4) is 61.6 Å². The Labute approximate surface area is 440 Å². The summed E-state index contributed by atoms with van der Waals surface area (Å²) in [5, 5.41) is 13.2. The molecule has 0 N–H and O–H groups in total. The fourth-order valence-corrected chi connectivity index (χ4v) is 19.7. The molecule has 0 bridgehead atoms. The van der Waals surface area contributed by atoms with E-state index in [0.29, 0.717) is 0 Å². The van der Waals surface area contributed by atoms with Crippen LogP contribution in [0.15, 0.2) is 273 Å². The van der Waals surface area contributed by atoms with E-state index in [0.717, 1.165) is 17.1 Å². The van der Waals surface area contributed by atoms with Gasteiger partial charge < -0.3 is 13.7 Å². The van der Waals surface area contributed by atoms with Crippen LogP contribution in [0.2, 0.25) is 0 Å². The van der Waals surface area contributed by atoms with Crippen LogP contribution in [0.25, 0.3) is 127 Å². The number of nitrogens with zero attached hydrogens (tertiary/aromatic N) is 3. The zero-order chi connectivity index (χ0) is 49.6. The van der Waals surface area contributed by atoms with Gasteiger partial charge in [0.2, 0.25) is 0 Å². The molecule has 3 nitrogen and oxygen atoms in total. The van der Waals surface area contributed by atoms with Gasteiger partial charge in [-0.3, -0.25) is 0 Å². The minimum atomic E-state index is -3.07. The molecule has 76 heavy (non-hydrogen) atoms. The molecule has 5 heterocycles. The van der Waals surface area contributed by atoms with E-state index >= 15 is 0 Å². The van der Waals surface area contributed by atoms with Crippen LogP contribution in [0.1, 0.15) is 0 Å². The summed E-state index contributed by atoms with van der Waals surface area (Å²) in [7, 11) is -3.07. The molecule has 0 amide bonds. The van der Waals surface area contributed by atoms with Crippen molar-refractivity contribution in [2.24, 2.45) is 0 Å². The largest absolute Gasteiger partial charge is 0.309 e. The lowest BCUT2D eigenvalue weighted by Crippen LogP contribution is -2.75. The normalized spacial score (nSPS) is 13.1. The van der Waals surface area contributed by atoms with Crippen molar-refractivity contribution in [3.63, 3.8) is 0 Å². The Bertz CT molecular complexity index is 4850. The van der Waals surface area contributed by atoms with Crippen molar-refractivity contribution in [2.75, 3.05) is 0 Å². The molecule has 0 saturated carbocycles. The highest BCUT2D eigenvalue weighted by atomic mass is 28.3. The zero-order valence-corrected chi connectivity index (χ0v) is 42.3. The Morgan fingerprint density at radius 1 is 0.184 bits per heavy atom. The van der Waals surface area contributed by atoms with Crippen LogP contribution in [0.3, 0.4) is 0 Å². The number of hydrogen-bond acceptors (Lipinski definition) is 0. The molecular formula is C72H45N3Si. The van der Waals surface area contributed by atoms with Gasteiger partial charge in [0, 0.05) is 49.4 Å². The number of fused-ring (bicyclic) bond motifs is 23. The molecule has 4 heteroatoms. The van der Waals surface area contributed by atoms with Crippen LogP contribution >= 0.6 is 0 Å². The molecule has 0 saturated heterocycles. The maximum Gasteiger partial charge on any atom is 0.182 e. The predicted molar refractivity (Wildman–Crippen MR) is 322 cm³/mol.